The van der Waals surface area contributed by atoms with Crippen LogP contribution in [0, 0.1) is 17.8 Å². The molecule has 0 saturated carbocycles. The fraction of sp³-hybridized carbons (Fsp3) is 1.00. The smallest absolute Gasteiger partial charge is 0.0461 e. The maximum absolute atomic E-state index is 9.41. The van der Waals surface area contributed by atoms with Crippen LogP contribution >= 0.6 is 0 Å². The third-order valence-corrected chi connectivity index (χ3v) is 3.86. The van der Waals surface area contributed by atoms with Crippen LogP contribution < -0.4 is 0 Å². The number of aliphatic hydroxyl groups is 1. The minimum Gasteiger partial charge on any atom is -0.396 e. The van der Waals surface area contributed by atoms with Crippen LogP contribution in [0.15, 0.2) is 0 Å². The monoisotopic (exact) mass is 228 g/mol. The van der Waals surface area contributed by atoms with Crippen molar-refractivity contribution in [2.24, 2.45) is 17.8 Å². The first-order chi connectivity index (χ1) is 7.65. The maximum Gasteiger partial charge on any atom is 0.0461 e. The van der Waals surface area contributed by atoms with E-state index in [4.69, 9.17) is 0 Å². The van der Waals surface area contributed by atoms with Gasteiger partial charge in [-0.1, -0.05) is 66.2 Å². The van der Waals surface area contributed by atoms with E-state index >= 15 is 0 Å². The molecule has 0 aliphatic carbocycles. The molecular weight excluding hydrogens is 196 g/mol. The summed E-state index contributed by atoms with van der Waals surface area (Å²) in [7, 11) is 0. The van der Waals surface area contributed by atoms with Gasteiger partial charge in [0.1, 0.15) is 0 Å². The highest BCUT2D eigenvalue weighted by atomic mass is 16.3. The Morgan fingerprint density at radius 3 is 2.06 bits per heavy atom. The molecule has 0 aliphatic rings. The Kier molecular flexibility index (Phi) is 10.1. The molecule has 1 heteroatoms. The van der Waals surface area contributed by atoms with Gasteiger partial charge in [-0.3, -0.25) is 0 Å². The lowest BCUT2D eigenvalue weighted by Crippen LogP contribution is -2.17. The van der Waals surface area contributed by atoms with Gasteiger partial charge in [-0.15, -0.1) is 0 Å². The van der Waals surface area contributed by atoms with E-state index in [1.54, 1.807) is 0 Å². The van der Waals surface area contributed by atoms with Crippen molar-refractivity contribution in [1.29, 1.82) is 0 Å². The number of unbranched alkanes of at least 4 members (excludes halogenated alkanes) is 1. The molecule has 0 aromatic carbocycles. The van der Waals surface area contributed by atoms with E-state index in [1.165, 1.54) is 44.9 Å². The Morgan fingerprint density at radius 2 is 1.56 bits per heavy atom. The lowest BCUT2D eigenvalue weighted by molar-refractivity contribution is 0.160. The molecule has 1 nitrogen and oxygen atoms in total. The van der Waals surface area contributed by atoms with Crippen LogP contribution in [0.5, 0.6) is 0 Å². The Hall–Kier alpha value is -0.0400. The van der Waals surface area contributed by atoms with E-state index in [0.29, 0.717) is 18.4 Å². The third-order valence-electron chi connectivity index (χ3n) is 3.86. The van der Waals surface area contributed by atoms with Gasteiger partial charge in [0, 0.05) is 6.61 Å². The first kappa shape index (κ1) is 16.0. The van der Waals surface area contributed by atoms with Crippen LogP contribution in [-0.2, 0) is 0 Å². The van der Waals surface area contributed by atoms with E-state index in [-0.39, 0.29) is 0 Å². The van der Waals surface area contributed by atoms with Crippen molar-refractivity contribution in [3.63, 3.8) is 0 Å². The molecule has 0 fully saturated rings. The number of aliphatic hydroxyl groups excluding tert-OH is 1. The molecule has 0 bridgehead atoms. The second kappa shape index (κ2) is 10.1. The van der Waals surface area contributed by atoms with Crippen LogP contribution in [0.2, 0.25) is 0 Å². The maximum atomic E-state index is 9.41. The van der Waals surface area contributed by atoms with Crippen LogP contribution in [0.3, 0.4) is 0 Å². The third kappa shape index (κ3) is 7.27. The summed E-state index contributed by atoms with van der Waals surface area (Å²) < 4.78 is 0. The van der Waals surface area contributed by atoms with Crippen molar-refractivity contribution in [2.75, 3.05) is 6.61 Å². The zero-order valence-corrected chi connectivity index (χ0v) is 11.8. The average molecular weight is 228 g/mol. The zero-order chi connectivity index (χ0) is 12.4. The normalized spacial score (nSPS) is 17.1. The van der Waals surface area contributed by atoms with Gasteiger partial charge in [-0.05, 0) is 24.2 Å². The number of hydrogen-bond acceptors (Lipinski definition) is 1. The molecular formula is C15H32O. The Bertz CT molecular complexity index is 144. The quantitative estimate of drug-likeness (QED) is 0.577. The second-order valence-electron chi connectivity index (χ2n) is 5.53. The lowest BCUT2D eigenvalue weighted by atomic mass is 9.84. The largest absolute Gasteiger partial charge is 0.396 e. The predicted molar refractivity (Wildman–Crippen MR) is 72.6 cm³/mol. The van der Waals surface area contributed by atoms with Gasteiger partial charge in [-0.2, -0.15) is 0 Å². The lowest BCUT2D eigenvalue weighted by Gasteiger charge is -2.23. The summed E-state index contributed by atoms with van der Waals surface area (Å²) in [6.45, 7) is 9.51. The van der Waals surface area contributed by atoms with Crippen LogP contribution in [-0.4, -0.2) is 11.7 Å². The fourth-order valence-electron chi connectivity index (χ4n) is 2.44. The van der Waals surface area contributed by atoms with E-state index in [0.717, 1.165) is 5.92 Å². The Balaban J connectivity index is 3.76. The summed E-state index contributed by atoms with van der Waals surface area (Å²) in [5.74, 6) is 2.06. The summed E-state index contributed by atoms with van der Waals surface area (Å²) in [5.41, 5.74) is 0. The number of rotatable bonds is 10. The molecule has 0 spiro atoms. The molecule has 3 unspecified atom stereocenters. The molecule has 16 heavy (non-hydrogen) atoms. The fourth-order valence-corrected chi connectivity index (χ4v) is 2.44. The standard InChI is InChI=1S/C15H32O/c1-5-7-9-13(3)10-11-15(12-16)14(4)8-6-2/h13-16H,5-12H2,1-4H3. The first-order valence-electron chi connectivity index (χ1n) is 7.26. The second-order valence-corrected chi connectivity index (χ2v) is 5.53. The van der Waals surface area contributed by atoms with Gasteiger partial charge in [0.05, 0.1) is 0 Å². The molecule has 0 aromatic heterocycles. The summed E-state index contributed by atoms with van der Waals surface area (Å²) in [5, 5.41) is 9.41. The van der Waals surface area contributed by atoms with Gasteiger partial charge in [-0.25, -0.2) is 0 Å². The zero-order valence-electron chi connectivity index (χ0n) is 11.8. The van der Waals surface area contributed by atoms with Gasteiger partial charge in [0.2, 0.25) is 0 Å². The molecule has 98 valence electrons. The van der Waals surface area contributed by atoms with E-state index < -0.39 is 0 Å². The minimum atomic E-state index is 0.377. The van der Waals surface area contributed by atoms with Crippen LogP contribution in [0.1, 0.15) is 72.6 Å². The van der Waals surface area contributed by atoms with Gasteiger partial charge >= 0.3 is 0 Å². The summed E-state index contributed by atoms with van der Waals surface area (Å²) >= 11 is 0. The van der Waals surface area contributed by atoms with Crippen molar-refractivity contribution < 1.29 is 5.11 Å². The van der Waals surface area contributed by atoms with E-state index in [9.17, 15) is 5.11 Å². The van der Waals surface area contributed by atoms with Crippen molar-refractivity contribution >= 4 is 0 Å². The molecule has 0 amide bonds. The molecule has 3 atom stereocenters. The van der Waals surface area contributed by atoms with Gasteiger partial charge in [0.15, 0.2) is 0 Å². The predicted octanol–water partition coefficient (Wildman–Crippen LogP) is 4.64. The van der Waals surface area contributed by atoms with Gasteiger partial charge in [0.25, 0.3) is 0 Å². The van der Waals surface area contributed by atoms with Crippen LogP contribution in [0.25, 0.3) is 0 Å². The van der Waals surface area contributed by atoms with Crippen LogP contribution in [0.4, 0.5) is 0 Å². The topological polar surface area (TPSA) is 20.2 Å². The molecule has 0 aromatic rings. The van der Waals surface area contributed by atoms with Crippen molar-refractivity contribution in [3.8, 4) is 0 Å². The first-order valence-corrected chi connectivity index (χ1v) is 7.26. The highest BCUT2D eigenvalue weighted by Crippen LogP contribution is 2.25. The minimum absolute atomic E-state index is 0.377. The van der Waals surface area contributed by atoms with E-state index in [2.05, 4.69) is 27.7 Å². The highest BCUT2D eigenvalue weighted by molar-refractivity contribution is 4.67. The molecule has 0 radical (unpaired) electrons. The molecule has 0 rings (SSSR count). The van der Waals surface area contributed by atoms with Crippen molar-refractivity contribution in [3.05, 3.63) is 0 Å². The van der Waals surface area contributed by atoms with Crippen molar-refractivity contribution in [1.82, 2.24) is 0 Å². The Labute approximate surface area is 103 Å². The summed E-state index contributed by atoms with van der Waals surface area (Å²) in [6.07, 6.45) is 9.02. The molecule has 0 saturated heterocycles. The SMILES string of the molecule is CCCCC(C)CCC(CO)C(C)CCC. The summed E-state index contributed by atoms with van der Waals surface area (Å²) in [6, 6.07) is 0. The van der Waals surface area contributed by atoms with Crippen molar-refractivity contribution in [2.45, 2.75) is 72.6 Å². The van der Waals surface area contributed by atoms with E-state index in [1.807, 2.05) is 0 Å². The molecule has 0 heterocycles. The summed E-state index contributed by atoms with van der Waals surface area (Å²) in [4.78, 5) is 0. The molecule has 1 N–H and O–H groups in total. The molecule has 0 aliphatic heterocycles. The number of hydrogen-bond donors (Lipinski definition) is 1. The Morgan fingerprint density at radius 1 is 0.875 bits per heavy atom. The highest BCUT2D eigenvalue weighted by Gasteiger charge is 2.16. The average Bonchev–Trinajstić information content (AvgIpc) is 2.27. The van der Waals surface area contributed by atoms with Gasteiger partial charge < -0.3 is 5.11 Å².